The first-order chi connectivity index (χ1) is 13.6. The minimum atomic E-state index is -3.54. The highest BCUT2D eigenvalue weighted by Gasteiger charge is 2.33. The second kappa shape index (κ2) is 10.1. The summed E-state index contributed by atoms with van der Waals surface area (Å²) in [6.45, 7) is 1.31. The summed E-state index contributed by atoms with van der Waals surface area (Å²) in [5.74, 6) is 1.42. The second-order valence-corrected chi connectivity index (χ2v) is 9.89. The number of carbonyl (C=O) groups excluding carboxylic acids is 1. The van der Waals surface area contributed by atoms with Crippen LogP contribution in [0.3, 0.4) is 0 Å². The summed E-state index contributed by atoms with van der Waals surface area (Å²) in [4.78, 5) is 12.8. The van der Waals surface area contributed by atoms with Crippen LogP contribution in [0, 0.1) is 5.92 Å². The number of nitrogens with zero attached hydrogens (tertiary/aromatic N) is 1. The van der Waals surface area contributed by atoms with Gasteiger partial charge in [-0.05, 0) is 30.5 Å². The summed E-state index contributed by atoms with van der Waals surface area (Å²) in [5.41, 5.74) is 1.27. The van der Waals surface area contributed by atoms with Crippen molar-refractivity contribution >= 4 is 27.7 Å². The molecule has 28 heavy (non-hydrogen) atoms. The molecule has 5 nitrogen and oxygen atoms in total. The van der Waals surface area contributed by atoms with Gasteiger partial charge in [-0.15, -0.1) is 0 Å². The van der Waals surface area contributed by atoms with Gasteiger partial charge in [-0.1, -0.05) is 48.5 Å². The number of hydrogen-bond acceptors (Lipinski definition) is 4. The second-order valence-electron chi connectivity index (χ2n) is 6.84. The Morgan fingerprint density at radius 2 is 1.75 bits per heavy atom. The van der Waals surface area contributed by atoms with Crippen LogP contribution in [-0.2, 0) is 20.6 Å². The van der Waals surface area contributed by atoms with Crippen LogP contribution in [0.25, 0.3) is 0 Å². The van der Waals surface area contributed by atoms with Gasteiger partial charge in [0.2, 0.25) is 15.9 Å². The summed E-state index contributed by atoms with van der Waals surface area (Å²) in [6, 6.07) is 18.7. The molecule has 1 amide bonds. The Bertz CT molecular complexity index is 858. The fourth-order valence-corrected chi connectivity index (χ4v) is 5.64. The van der Waals surface area contributed by atoms with Crippen molar-refractivity contribution in [2.45, 2.75) is 23.5 Å². The zero-order valence-electron chi connectivity index (χ0n) is 15.8. The number of thioether (sulfide) groups is 1. The van der Waals surface area contributed by atoms with E-state index in [1.807, 2.05) is 18.2 Å². The van der Waals surface area contributed by atoms with Gasteiger partial charge in [0.15, 0.2) is 0 Å². The number of carbonyl (C=O) groups is 1. The van der Waals surface area contributed by atoms with Crippen molar-refractivity contribution < 1.29 is 13.2 Å². The monoisotopic (exact) mass is 418 g/mol. The molecule has 150 valence electrons. The van der Waals surface area contributed by atoms with Crippen LogP contribution in [0.1, 0.15) is 18.4 Å². The lowest BCUT2D eigenvalue weighted by Gasteiger charge is -2.31. The number of hydrogen-bond donors (Lipinski definition) is 1. The third-order valence-corrected chi connectivity index (χ3v) is 7.70. The zero-order valence-corrected chi connectivity index (χ0v) is 17.4. The zero-order chi connectivity index (χ0) is 19.8. The van der Waals surface area contributed by atoms with E-state index in [2.05, 4.69) is 17.4 Å². The highest BCUT2D eigenvalue weighted by molar-refractivity contribution is 7.98. The van der Waals surface area contributed by atoms with E-state index in [0.717, 1.165) is 17.9 Å². The number of benzene rings is 2. The molecule has 1 aliphatic rings. The van der Waals surface area contributed by atoms with Gasteiger partial charge in [-0.3, -0.25) is 4.79 Å². The molecule has 2 aromatic carbocycles. The van der Waals surface area contributed by atoms with E-state index >= 15 is 0 Å². The smallest absolute Gasteiger partial charge is 0.243 e. The van der Waals surface area contributed by atoms with E-state index in [4.69, 9.17) is 0 Å². The molecule has 1 N–H and O–H groups in total. The van der Waals surface area contributed by atoms with E-state index in [-0.39, 0.29) is 23.3 Å². The van der Waals surface area contributed by atoms with Gasteiger partial charge in [0.1, 0.15) is 0 Å². The molecule has 1 fully saturated rings. The summed E-state index contributed by atoms with van der Waals surface area (Å²) < 4.78 is 27.0. The highest BCUT2D eigenvalue weighted by Crippen LogP contribution is 2.23. The Kier molecular flexibility index (Phi) is 7.53. The summed E-state index contributed by atoms with van der Waals surface area (Å²) in [5, 5.41) is 2.97. The van der Waals surface area contributed by atoms with Gasteiger partial charge in [-0.25, -0.2) is 8.42 Å². The summed E-state index contributed by atoms with van der Waals surface area (Å²) in [7, 11) is -3.54. The molecular weight excluding hydrogens is 392 g/mol. The molecule has 0 unspecified atom stereocenters. The fourth-order valence-electron chi connectivity index (χ4n) is 3.27. The van der Waals surface area contributed by atoms with Gasteiger partial charge in [0.25, 0.3) is 0 Å². The highest BCUT2D eigenvalue weighted by atomic mass is 32.2. The van der Waals surface area contributed by atoms with Crippen LogP contribution in [0.15, 0.2) is 65.6 Å². The molecule has 0 radical (unpaired) electrons. The number of piperidine rings is 1. The molecule has 0 saturated carbocycles. The Hall–Kier alpha value is -1.83. The number of amides is 1. The molecule has 2 aromatic rings. The third-order valence-electron chi connectivity index (χ3n) is 4.79. The Morgan fingerprint density at radius 1 is 1.07 bits per heavy atom. The number of nitrogens with one attached hydrogen (secondary N) is 1. The quantitative estimate of drug-likeness (QED) is 0.669. The lowest BCUT2D eigenvalue weighted by molar-refractivity contribution is -0.125. The minimum absolute atomic E-state index is 0.0479. The summed E-state index contributed by atoms with van der Waals surface area (Å²) >= 11 is 1.78. The molecule has 7 heteroatoms. The minimum Gasteiger partial charge on any atom is -0.355 e. The van der Waals surface area contributed by atoms with E-state index in [1.54, 1.807) is 42.1 Å². The molecule has 0 spiro atoms. The maximum atomic E-state index is 12.8. The largest absolute Gasteiger partial charge is 0.355 e. The Balaban J connectivity index is 1.45. The van der Waals surface area contributed by atoms with E-state index in [1.165, 1.54) is 9.87 Å². The van der Waals surface area contributed by atoms with Crippen molar-refractivity contribution in [1.29, 1.82) is 0 Å². The van der Waals surface area contributed by atoms with Crippen molar-refractivity contribution in [3.63, 3.8) is 0 Å². The molecule has 0 bridgehead atoms. The Morgan fingerprint density at radius 3 is 2.46 bits per heavy atom. The van der Waals surface area contributed by atoms with E-state index in [9.17, 15) is 13.2 Å². The molecule has 1 heterocycles. The van der Waals surface area contributed by atoms with Gasteiger partial charge in [0, 0.05) is 31.1 Å². The molecule has 1 atom stereocenters. The van der Waals surface area contributed by atoms with E-state index < -0.39 is 10.0 Å². The number of rotatable bonds is 8. The van der Waals surface area contributed by atoms with Crippen LogP contribution in [0.5, 0.6) is 0 Å². The van der Waals surface area contributed by atoms with Crippen LogP contribution in [0.2, 0.25) is 0 Å². The standard InChI is InChI=1S/C21H26N2O3S2/c24-21(22-13-15-27-17-18-8-3-1-4-9-18)19-10-7-14-23(16-19)28(25,26)20-11-5-2-6-12-20/h1-6,8-9,11-12,19H,7,10,13-17H2,(H,22,24)/t19-/m0/s1. The first-order valence-corrected chi connectivity index (χ1v) is 12.1. The lowest BCUT2D eigenvalue weighted by Crippen LogP contribution is -2.45. The Labute approximate surface area is 171 Å². The first-order valence-electron chi connectivity index (χ1n) is 9.52. The fraction of sp³-hybridized carbons (Fsp3) is 0.381. The van der Waals surface area contributed by atoms with Crippen LogP contribution in [0.4, 0.5) is 0 Å². The van der Waals surface area contributed by atoms with Gasteiger partial charge in [0.05, 0.1) is 10.8 Å². The average Bonchev–Trinajstić information content (AvgIpc) is 2.75. The topological polar surface area (TPSA) is 66.5 Å². The van der Waals surface area contributed by atoms with Crippen molar-refractivity contribution in [2.24, 2.45) is 5.92 Å². The molecule has 1 saturated heterocycles. The SMILES string of the molecule is O=C(NCCSCc1ccccc1)[C@H]1CCCN(S(=O)(=O)c2ccccc2)C1. The lowest BCUT2D eigenvalue weighted by atomic mass is 9.99. The van der Waals surface area contributed by atoms with Crippen molar-refractivity contribution in [3.8, 4) is 0 Å². The number of sulfonamides is 1. The maximum Gasteiger partial charge on any atom is 0.243 e. The van der Waals surface area contributed by atoms with Gasteiger partial charge in [-0.2, -0.15) is 16.1 Å². The third kappa shape index (κ3) is 5.59. The van der Waals surface area contributed by atoms with Crippen LogP contribution < -0.4 is 5.32 Å². The van der Waals surface area contributed by atoms with Gasteiger partial charge < -0.3 is 5.32 Å². The predicted octanol–water partition coefficient (Wildman–Crippen LogP) is 3.14. The average molecular weight is 419 g/mol. The normalized spacial score (nSPS) is 17.9. The van der Waals surface area contributed by atoms with Crippen LogP contribution >= 0.6 is 11.8 Å². The molecule has 1 aliphatic heterocycles. The first kappa shape index (κ1) is 20.9. The van der Waals surface area contributed by atoms with Crippen molar-refractivity contribution in [1.82, 2.24) is 9.62 Å². The molecular formula is C21H26N2O3S2. The molecule has 0 aliphatic carbocycles. The van der Waals surface area contributed by atoms with E-state index in [0.29, 0.717) is 19.5 Å². The maximum absolute atomic E-state index is 12.8. The van der Waals surface area contributed by atoms with Gasteiger partial charge >= 0.3 is 0 Å². The van der Waals surface area contributed by atoms with Crippen LogP contribution in [-0.4, -0.2) is 44.0 Å². The van der Waals surface area contributed by atoms with Crippen molar-refractivity contribution in [2.75, 3.05) is 25.4 Å². The molecule has 3 rings (SSSR count). The van der Waals surface area contributed by atoms with Crippen molar-refractivity contribution in [3.05, 3.63) is 66.2 Å². The predicted molar refractivity (Wildman–Crippen MR) is 114 cm³/mol. The summed E-state index contributed by atoms with van der Waals surface area (Å²) in [6.07, 6.45) is 1.43. The molecule has 0 aromatic heterocycles.